The molecule has 0 fully saturated rings. The lowest BCUT2D eigenvalue weighted by atomic mass is 9.89. The van der Waals surface area contributed by atoms with E-state index in [9.17, 15) is 4.79 Å². The van der Waals surface area contributed by atoms with E-state index in [4.69, 9.17) is 5.73 Å². The Morgan fingerprint density at radius 3 is 2.82 bits per heavy atom. The van der Waals surface area contributed by atoms with Crippen LogP contribution >= 0.6 is 0 Å². The van der Waals surface area contributed by atoms with Crippen molar-refractivity contribution in [3.63, 3.8) is 0 Å². The van der Waals surface area contributed by atoms with Gasteiger partial charge in [-0.1, -0.05) is 13.8 Å². The molecular formula is C12H22N4O. The first-order valence-electron chi connectivity index (χ1n) is 5.99. The number of hydrogen-bond donors (Lipinski definition) is 2. The van der Waals surface area contributed by atoms with Gasteiger partial charge in [-0.05, 0) is 25.3 Å². The third kappa shape index (κ3) is 3.85. The predicted octanol–water partition coefficient (Wildman–Crippen LogP) is 1.05. The number of anilines is 1. The molecule has 0 aromatic carbocycles. The van der Waals surface area contributed by atoms with Gasteiger partial charge in [0.15, 0.2) is 5.82 Å². The third-order valence-corrected chi connectivity index (χ3v) is 2.81. The normalized spacial score (nSPS) is 11.5. The average Bonchev–Trinajstić information content (AvgIpc) is 2.28. The van der Waals surface area contributed by atoms with E-state index in [0.717, 1.165) is 6.42 Å². The van der Waals surface area contributed by atoms with Gasteiger partial charge in [-0.15, -0.1) is 0 Å². The van der Waals surface area contributed by atoms with Gasteiger partial charge in [-0.25, -0.2) is 4.98 Å². The maximum atomic E-state index is 11.9. The van der Waals surface area contributed by atoms with Crippen molar-refractivity contribution in [1.82, 2.24) is 9.55 Å². The average molecular weight is 238 g/mol. The fourth-order valence-electron chi connectivity index (χ4n) is 1.62. The minimum absolute atomic E-state index is 0.0652. The first-order valence-corrected chi connectivity index (χ1v) is 5.99. The zero-order valence-electron chi connectivity index (χ0n) is 10.9. The maximum absolute atomic E-state index is 11.9. The van der Waals surface area contributed by atoms with Crippen molar-refractivity contribution in [1.29, 1.82) is 0 Å². The number of nitrogens with zero attached hydrogens (tertiary/aromatic N) is 2. The van der Waals surface area contributed by atoms with Crippen LogP contribution in [0, 0.1) is 5.41 Å². The molecule has 1 aromatic heterocycles. The zero-order valence-corrected chi connectivity index (χ0v) is 10.9. The van der Waals surface area contributed by atoms with Crippen LogP contribution in [-0.2, 0) is 6.54 Å². The smallest absolute Gasteiger partial charge is 0.293 e. The summed E-state index contributed by atoms with van der Waals surface area (Å²) < 4.78 is 1.63. The van der Waals surface area contributed by atoms with Crippen molar-refractivity contribution in [2.75, 3.05) is 18.4 Å². The molecule has 1 heterocycles. The lowest BCUT2D eigenvalue weighted by Gasteiger charge is -2.24. The Morgan fingerprint density at radius 2 is 2.24 bits per heavy atom. The van der Waals surface area contributed by atoms with Crippen LogP contribution in [0.25, 0.3) is 0 Å². The SMILES string of the molecule is CCn1ccnc(NCC(C)(C)CCN)c1=O. The first kappa shape index (κ1) is 13.7. The molecule has 0 unspecified atom stereocenters. The minimum Gasteiger partial charge on any atom is -0.365 e. The van der Waals surface area contributed by atoms with Crippen molar-refractivity contribution in [2.24, 2.45) is 11.1 Å². The van der Waals surface area contributed by atoms with Crippen LogP contribution < -0.4 is 16.6 Å². The summed E-state index contributed by atoms with van der Waals surface area (Å²) in [6, 6.07) is 0. The topological polar surface area (TPSA) is 72.9 Å². The fourth-order valence-corrected chi connectivity index (χ4v) is 1.62. The van der Waals surface area contributed by atoms with E-state index in [1.165, 1.54) is 0 Å². The van der Waals surface area contributed by atoms with E-state index < -0.39 is 0 Å². The van der Waals surface area contributed by atoms with E-state index in [0.29, 0.717) is 25.5 Å². The number of nitrogens with two attached hydrogens (primary N) is 1. The highest BCUT2D eigenvalue weighted by Crippen LogP contribution is 2.18. The molecule has 0 spiro atoms. The molecule has 0 atom stereocenters. The molecule has 0 aliphatic rings. The second-order valence-electron chi connectivity index (χ2n) is 4.92. The van der Waals surface area contributed by atoms with Gasteiger partial charge in [-0.2, -0.15) is 0 Å². The van der Waals surface area contributed by atoms with E-state index in [2.05, 4.69) is 24.1 Å². The Morgan fingerprint density at radius 1 is 1.53 bits per heavy atom. The van der Waals surface area contributed by atoms with Gasteiger partial charge in [0, 0.05) is 25.5 Å². The van der Waals surface area contributed by atoms with Crippen molar-refractivity contribution in [2.45, 2.75) is 33.7 Å². The summed E-state index contributed by atoms with van der Waals surface area (Å²) in [4.78, 5) is 16.0. The van der Waals surface area contributed by atoms with Crippen molar-refractivity contribution in [3.05, 3.63) is 22.7 Å². The van der Waals surface area contributed by atoms with Gasteiger partial charge in [0.05, 0.1) is 0 Å². The van der Waals surface area contributed by atoms with Crippen LogP contribution in [0.3, 0.4) is 0 Å². The molecule has 5 nitrogen and oxygen atoms in total. The van der Waals surface area contributed by atoms with Crippen LogP contribution in [0.15, 0.2) is 17.2 Å². The largest absolute Gasteiger partial charge is 0.365 e. The highest BCUT2D eigenvalue weighted by Gasteiger charge is 2.17. The predicted molar refractivity (Wildman–Crippen MR) is 70.1 cm³/mol. The molecular weight excluding hydrogens is 216 g/mol. The monoisotopic (exact) mass is 238 g/mol. The highest BCUT2D eigenvalue weighted by atomic mass is 16.1. The second kappa shape index (κ2) is 5.82. The molecule has 3 N–H and O–H groups in total. The molecule has 17 heavy (non-hydrogen) atoms. The van der Waals surface area contributed by atoms with Crippen LogP contribution in [0.4, 0.5) is 5.82 Å². The van der Waals surface area contributed by atoms with Crippen molar-refractivity contribution >= 4 is 5.82 Å². The van der Waals surface area contributed by atoms with Gasteiger partial charge in [0.1, 0.15) is 0 Å². The van der Waals surface area contributed by atoms with Gasteiger partial charge < -0.3 is 15.6 Å². The molecule has 0 radical (unpaired) electrons. The summed E-state index contributed by atoms with van der Waals surface area (Å²) in [7, 11) is 0. The van der Waals surface area contributed by atoms with Crippen molar-refractivity contribution in [3.8, 4) is 0 Å². The van der Waals surface area contributed by atoms with Crippen molar-refractivity contribution < 1.29 is 0 Å². The summed E-state index contributed by atoms with van der Waals surface area (Å²) in [6.45, 7) is 8.17. The second-order valence-corrected chi connectivity index (χ2v) is 4.92. The molecule has 0 bridgehead atoms. The van der Waals surface area contributed by atoms with Gasteiger partial charge in [0.2, 0.25) is 0 Å². The molecule has 0 amide bonds. The van der Waals surface area contributed by atoms with Crippen LogP contribution in [-0.4, -0.2) is 22.6 Å². The molecule has 0 saturated heterocycles. The molecule has 1 aromatic rings. The van der Waals surface area contributed by atoms with E-state index in [1.807, 2.05) is 6.92 Å². The van der Waals surface area contributed by atoms with Gasteiger partial charge in [0.25, 0.3) is 5.56 Å². The third-order valence-electron chi connectivity index (χ3n) is 2.81. The molecule has 1 rings (SSSR count). The standard InChI is InChI=1S/C12H22N4O/c1-4-16-8-7-14-10(11(16)17)15-9-12(2,3)5-6-13/h7-8H,4-6,9,13H2,1-3H3,(H,14,15). The quantitative estimate of drug-likeness (QED) is 0.777. The number of aromatic nitrogens is 2. The Balaban J connectivity index is 2.73. The Hall–Kier alpha value is -1.36. The number of aryl methyl sites for hydroxylation is 1. The molecule has 5 heteroatoms. The van der Waals surface area contributed by atoms with E-state index in [1.54, 1.807) is 17.0 Å². The summed E-state index contributed by atoms with van der Waals surface area (Å²) >= 11 is 0. The zero-order chi connectivity index (χ0) is 12.9. The van der Waals surface area contributed by atoms with Gasteiger partial charge in [-0.3, -0.25) is 4.79 Å². The number of rotatable bonds is 6. The molecule has 0 saturated carbocycles. The number of nitrogens with one attached hydrogen (secondary N) is 1. The minimum atomic E-state index is -0.0708. The van der Waals surface area contributed by atoms with Gasteiger partial charge >= 0.3 is 0 Å². The van der Waals surface area contributed by atoms with E-state index >= 15 is 0 Å². The lowest BCUT2D eigenvalue weighted by Crippen LogP contribution is -2.30. The summed E-state index contributed by atoms with van der Waals surface area (Å²) in [5.41, 5.74) is 5.54. The maximum Gasteiger partial charge on any atom is 0.293 e. The lowest BCUT2D eigenvalue weighted by molar-refractivity contribution is 0.364. The fraction of sp³-hybridized carbons (Fsp3) is 0.667. The Bertz CT molecular complexity index is 411. The Labute approximate surface area is 102 Å². The summed E-state index contributed by atoms with van der Waals surface area (Å²) in [5, 5.41) is 3.11. The Kier molecular flexibility index (Phi) is 4.69. The summed E-state index contributed by atoms with van der Waals surface area (Å²) in [6.07, 6.45) is 4.25. The van der Waals surface area contributed by atoms with Crippen LogP contribution in [0.1, 0.15) is 27.2 Å². The highest BCUT2D eigenvalue weighted by molar-refractivity contribution is 5.31. The number of hydrogen-bond acceptors (Lipinski definition) is 4. The molecule has 0 aliphatic carbocycles. The van der Waals surface area contributed by atoms with Crippen LogP contribution in [0.5, 0.6) is 0 Å². The molecule has 96 valence electrons. The van der Waals surface area contributed by atoms with E-state index in [-0.39, 0.29) is 11.0 Å². The van der Waals surface area contributed by atoms with Crippen LogP contribution in [0.2, 0.25) is 0 Å². The molecule has 0 aliphatic heterocycles. The summed E-state index contributed by atoms with van der Waals surface area (Å²) in [5.74, 6) is 0.416. The first-order chi connectivity index (χ1) is 8.00.